The summed E-state index contributed by atoms with van der Waals surface area (Å²) in [5, 5.41) is 1.46. The van der Waals surface area contributed by atoms with Crippen molar-refractivity contribution in [2.24, 2.45) is 0 Å². The molecule has 3 rings (SSSR count). The first kappa shape index (κ1) is 16.9. The van der Waals surface area contributed by atoms with Gasteiger partial charge >= 0.3 is 0 Å². The largest absolute Gasteiger partial charge is 0.212 e. The molecule has 0 aliphatic rings. The van der Waals surface area contributed by atoms with E-state index < -0.39 is 5.83 Å². The van der Waals surface area contributed by atoms with Gasteiger partial charge in [-0.25, -0.2) is 8.78 Å². The van der Waals surface area contributed by atoms with Crippen LogP contribution >= 0.6 is 0 Å². The Morgan fingerprint density at radius 2 is 1.64 bits per heavy atom. The lowest BCUT2D eigenvalue weighted by Gasteiger charge is -2.06. The molecule has 0 radical (unpaired) electrons. The van der Waals surface area contributed by atoms with E-state index in [1.165, 1.54) is 5.56 Å². The molecule has 0 amide bonds. The molecule has 0 spiro atoms. The topological polar surface area (TPSA) is 0 Å². The van der Waals surface area contributed by atoms with E-state index in [0.29, 0.717) is 5.39 Å². The Morgan fingerprint density at radius 3 is 2.32 bits per heavy atom. The highest BCUT2D eigenvalue weighted by Gasteiger charge is 2.08. The molecule has 0 unspecified atom stereocenters. The van der Waals surface area contributed by atoms with Crippen molar-refractivity contribution < 1.29 is 8.78 Å². The molecule has 124 valence electrons. The number of fused-ring (bicyclic) bond motifs is 1. The van der Waals surface area contributed by atoms with Gasteiger partial charge in [0.25, 0.3) is 0 Å². The number of hydrogen-bond acceptors (Lipinski definition) is 0. The van der Waals surface area contributed by atoms with Crippen LogP contribution in [0.2, 0.25) is 0 Å². The number of aryl methyl sites for hydroxylation is 1. The molecule has 0 fully saturated rings. The molecule has 0 saturated heterocycles. The zero-order chi connectivity index (χ0) is 17.6. The van der Waals surface area contributed by atoms with Crippen LogP contribution in [-0.4, -0.2) is 0 Å². The van der Waals surface area contributed by atoms with E-state index in [4.69, 9.17) is 0 Å². The second-order valence-electron chi connectivity index (χ2n) is 5.86. The summed E-state index contributed by atoms with van der Waals surface area (Å²) in [5.74, 6) is 5.43. The van der Waals surface area contributed by atoms with Gasteiger partial charge in [0.2, 0.25) is 0 Å². The molecular formula is C23H18F2. The van der Waals surface area contributed by atoms with Crippen LogP contribution in [0.15, 0.2) is 67.0 Å². The molecule has 0 atom stereocenters. The summed E-state index contributed by atoms with van der Waals surface area (Å²) in [6, 6.07) is 18.8. The monoisotopic (exact) mass is 332 g/mol. The Labute approximate surface area is 146 Å². The molecule has 0 heterocycles. The second-order valence-corrected chi connectivity index (χ2v) is 5.86. The average molecular weight is 332 g/mol. The number of hydrogen-bond donors (Lipinski definition) is 0. The van der Waals surface area contributed by atoms with Gasteiger partial charge in [0.05, 0.1) is 0 Å². The van der Waals surface area contributed by atoms with E-state index in [1.807, 2.05) is 24.3 Å². The Kier molecular flexibility index (Phi) is 5.26. The van der Waals surface area contributed by atoms with Crippen molar-refractivity contribution in [1.82, 2.24) is 0 Å². The van der Waals surface area contributed by atoms with E-state index in [0.717, 1.165) is 29.4 Å². The van der Waals surface area contributed by atoms with Crippen molar-refractivity contribution >= 4 is 16.6 Å². The summed E-state index contributed by atoms with van der Waals surface area (Å²) in [4.78, 5) is 0. The van der Waals surface area contributed by atoms with Gasteiger partial charge in [-0.3, -0.25) is 0 Å². The molecule has 0 nitrogen and oxygen atoms in total. The third-order valence-corrected chi connectivity index (χ3v) is 4.11. The minimum atomic E-state index is -0.873. The molecule has 3 aromatic carbocycles. The van der Waals surface area contributed by atoms with Gasteiger partial charge in [-0.2, -0.15) is 0 Å². The van der Waals surface area contributed by atoms with E-state index >= 15 is 0 Å². The minimum absolute atomic E-state index is 0.00895. The van der Waals surface area contributed by atoms with Gasteiger partial charge in [-0.05, 0) is 41.0 Å². The number of rotatable bonds is 3. The first-order valence-electron chi connectivity index (χ1n) is 8.32. The smallest absolute Gasteiger partial charge is 0.159 e. The molecule has 2 heteroatoms. The maximum atomic E-state index is 13.7. The van der Waals surface area contributed by atoms with Crippen LogP contribution in [0, 0.1) is 11.8 Å². The van der Waals surface area contributed by atoms with Crippen LogP contribution in [-0.2, 0) is 6.42 Å². The Bertz CT molecular complexity index is 970. The van der Waals surface area contributed by atoms with Crippen molar-refractivity contribution in [1.29, 1.82) is 0 Å². The fourth-order valence-corrected chi connectivity index (χ4v) is 2.86. The van der Waals surface area contributed by atoms with Crippen molar-refractivity contribution in [3.63, 3.8) is 0 Å². The summed E-state index contributed by atoms with van der Waals surface area (Å²) in [6.45, 7) is 2.16. The van der Waals surface area contributed by atoms with Gasteiger partial charge in [-0.1, -0.05) is 67.6 Å². The Balaban J connectivity index is 2.01. The van der Waals surface area contributed by atoms with Crippen molar-refractivity contribution in [2.75, 3.05) is 0 Å². The fraction of sp³-hybridized carbons (Fsp3) is 0.130. The van der Waals surface area contributed by atoms with Crippen LogP contribution < -0.4 is 0 Å². The maximum Gasteiger partial charge on any atom is 0.159 e. The summed E-state index contributed by atoms with van der Waals surface area (Å²) in [5.41, 5.74) is 3.27. The maximum absolute atomic E-state index is 13.7. The quantitative estimate of drug-likeness (QED) is 0.485. The van der Waals surface area contributed by atoms with Gasteiger partial charge in [0.1, 0.15) is 6.33 Å². The lowest BCUT2D eigenvalue weighted by atomic mass is 9.99. The van der Waals surface area contributed by atoms with Gasteiger partial charge in [-0.15, -0.1) is 0 Å². The zero-order valence-corrected chi connectivity index (χ0v) is 14.0. The number of benzene rings is 3. The predicted octanol–water partition coefficient (Wildman–Crippen LogP) is 6.43. The molecule has 0 saturated carbocycles. The first-order chi connectivity index (χ1) is 12.2. The van der Waals surface area contributed by atoms with Crippen LogP contribution in [0.4, 0.5) is 8.78 Å². The highest BCUT2D eigenvalue weighted by atomic mass is 19.2. The highest BCUT2D eigenvalue weighted by Crippen LogP contribution is 2.28. The molecule has 3 aromatic rings. The summed E-state index contributed by atoms with van der Waals surface area (Å²) < 4.78 is 26.3. The fourth-order valence-electron chi connectivity index (χ4n) is 2.86. The van der Waals surface area contributed by atoms with E-state index in [-0.39, 0.29) is 11.9 Å². The molecule has 0 aliphatic carbocycles. The third kappa shape index (κ3) is 3.78. The van der Waals surface area contributed by atoms with E-state index in [1.54, 1.807) is 24.3 Å². The van der Waals surface area contributed by atoms with Gasteiger partial charge < -0.3 is 0 Å². The van der Waals surface area contributed by atoms with Crippen molar-refractivity contribution in [2.45, 2.75) is 19.8 Å². The first-order valence-corrected chi connectivity index (χ1v) is 8.32. The molecule has 0 aliphatic heterocycles. The van der Waals surface area contributed by atoms with Crippen molar-refractivity contribution in [3.8, 4) is 11.8 Å². The lowest BCUT2D eigenvalue weighted by molar-refractivity contribution is 0.672. The SMILES string of the molecule is CCCc1ccc(C#Cc2ccc(C(F)=CF)c3ccccc23)cc1. The zero-order valence-electron chi connectivity index (χ0n) is 14.0. The Hall–Kier alpha value is -2.92. The third-order valence-electron chi connectivity index (χ3n) is 4.11. The summed E-state index contributed by atoms with van der Waals surface area (Å²) in [7, 11) is 0. The summed E-state index contributed by atoms with van der Waals surface area (Å²) >= 11 is 0. The molecule has 0 bridgehead atoms. The molecule has 0 aromatic heterocycles. The van der Waals surface area contributed by atoms with Gasteiger partial charge in [0, 0.05) is 16.7 Å². The number of halogens is 2. The predicted molar refractivity (Wildman–Crippen MR) is 101 cm³/mol. The lowest BCUT2D eigenvalue weighted by Crippen LogP contribution is -1.87. The van der Waals surface area contributed by atoms with Crippen LogP contribution in [0.1, 0.15) is 35.6 Å². The molecule has 25 heavy (non-hydrogen) atoms. The minimum Gasteiger partial charge on any atom is -0.212 e. The molecular weight excluding hydrogens is 314 g/mol. The van der Waals surface area contributed by atoms with Gasteiger partial charge in [0.15, 0.2) is 5.83 Å². The normalized spacial score (nSPS) is 11.2. The Morgan fingerprint density at radius 1 is 0.920 bits per heavy atom. The average Bonchev–Trinajstić information content (AvgIpc) is 2.67. The summed E-state index contributed by atoms with van der Waals surface area (Å²) in [6.07, 6.45) is 2.17. The van der Waals surface area contributed by atoms with Crippen LogP contribution in [0.5, 0.6) is 0 Å². The van der Waals surface area contributed by atoms with Crippen LogP contribution in [0.3, 0.4) is 0 Å². The highest BCUT2D eigenvalue weighted by molar-refractivity contribution is 5.96. The second kappa shape index (κ2) is 7.77. The standard InChI is InChI=1S/C23H18F2/c1-2-5-17-8-10-18(11-9-17)12-13-19-14-15-22(23(25)16-24)21-7-4-3-6-20(19)21/h3-4,6-11,14-16H,2,5H2,1H3. The molecule has 0 N–H and O–H groups in total. The van der Waals surface area contributed by atoms with E-state index in [2.05, 4.69) is 30.9 Å². The van der Waals surface area contributed by atoms with Crippen molar-refractivity contribution in [3.05, 3.63) is 89.2 Å². The van der Waals surface area contributed by atoms with Crippen LogP contribution in [0.25, 0.3) is 16.6 Å². The van der Waals surface area contributed by atoms with E-state index in [9.17, 15) is 8.78 Å².